The molecule has 8 heteroatoms. The molecule has 1 N–H and O–H groups in total. The molecule has 4 rings (SSSR count). The standard InChI is InChI=1S/C26H26N4O4/c1-16(2)30-24(13-14-27-30)29-25(31)17(3)34-26(32)21-15-23(18-9-11-19(33-4)12-10-18)28-22-8-6-5-7-20(21)22/h5-17H,1-4H3,(H,29,31). The van der Waals surface area contributed by atoms with Gasteiger partial charge in [-0.3, -0.25) is 4.79 Å². The van der Waals surface area contributed by atoms with Crippen LogP contribution >= 0.6 is 0 Å². The van der Waals surface area contributed by atoms with Gasteiger partial charge in [0.05, 0.1) is 30.1 Å². The number of fused-ring (bicyclic) bond motifs is 1. The monoisotopic (exact) mass is 458 g/mol. The molecule has 1 unspecified atom stereocenters. The van der Waals surface area contributed by atoms with Crippen molar-refractivity contribution in [3.05, 3.63) is 72.4 Å². The molecule has 0 bridgehead atoms. The van der Waals surface area contributed by atoms with E-state index in [0.29, 0.717) is 28.0 Å². The number of para-hydroxylation sites is 1. The zero-order valence-electron chi connectivity index (χ0n) is 19.5. The lowest BCUT2D eigenvalue weighted by molar-refractivity contribution is -0.123. The first-order valence-corrected chi connectivity index (χ1v) is 11.0. The molecule has 2 aromatic carbocycles. The average molecular weight is 459 g/mol. The van der Waals surface area contributed by atoms with Crippen LogP contribution < -0.4 is 10.1 Å². The first-order chi connectivity index (χ1) is 16.4. The quantitative estimate of drug-likeness (QED) is 0.397. The number of methoxy groups -OCH3 is 1. The number of hydrogen-bond acceptors (Lipinski definition) is 6. The van der Waals surface area contributed by atoms with Crippen molar-refractivity contribution in [1.82, 2.24) is 14.8 Å². The highest BCUT2D eigenvalue weighted by Gasteiger charge is 2.23. The zero-order valence-corrected chi connectivity index (χ0v) is 19.5. The minimum Gasteiger partial charge on any atom is -0.497 e. The molecule has 1 atom stereocenters. The molecule has 0 saturated carbocycles. The van der Waals surface area contributed by atoms with Gasteiger partial charge in [0, 0.05) is 23.1 Å². The summed E-state index contributed by atoms with van der Waals surface area (Å²) in [6.45, 7) is 5.46. The van der Waals surface area contributed by atoms with E-state index in [4.69, 9.17) is 14.5 Å². The number of nitrogens with zero attached hydrogens (tertiary/aromatic N) is 3. The van der Waals surface area contributed by atoms with Crippen molar-refractivity contribution >= 4 is 28.6 Å². The fourth-order valence-electron chi connectivity index (χ4n) is 3.58. The Morgan fingerprint density at radius 3 is 2.44 bits per heavy atom. The second kappa shape index (κ2) is 9.74. The highest BCUT2D eigenvalue weighted by molar-refractivity contribution is 6.06. The first-order valence-electron chi connectivity index (χ1n) is 11.0. The second-order valence-corrected chi connectivity index (χ2v) is 8.09. The fourth-order valence-corrected chi connectivity index (χ4v) is 3.58. The number of anilines is 1. The topological polar surface area (TPSA) is 95.3 Å². The Morgan fingerprint density at radius 1 is 1.00 bits per heavy atom. The van der Waals surface area contributed by atoms with Crippen LogP contribution in [0.3, 0.4) is 0 Å². The number of esters is 1. The minimum atomic E-state index is -1.01. The molecule has 4 aromatic rings. The number of nitrogens with one attached hydrogen (secondary N) is 1. The number of carbonyl (C=O) groups is 2. The van der Waals surface area contributed by atoms with Gasteiger partial charge in [0.2, 0.25) is 0 Å². The van der Waals surface area contributed by atoms with Crippen LogP contribution in [0.5, 0.6) is 5.75 Å². The van der Waals surface area contributed by atoms with E-state index in [1.165, 1.54) is 6.92 Å². The number of hydrogen-bond donors (Lipinski definition) is 1. The van der Waals surface area contributed by atoms with Crippen molar-refractivity contribution in [2.75, 3.05) is 12.4 Å². The predicted molar refractivity (Wildman–Crippen MR) is 130 cm³/mol. The van der Waals surface area contributed by atoms with Gasteiger partial charge in [0.15, 0.2) is 6.10 Å². The van der Waals surface area contributed by atoms with Gasteiger partial charge in [-0.25, -0.2) is 14.5 Å². The highest BCUT2D eigenvalue weighted by atomic mass is 16.5. The van der Waals surface area contributed by atoms with E-state index in [9.17, 15) is 9.59 Å². The molecule has 34 heavy (non-hydrogen) atoms. The van der Waals surface area contributed by atoms with Crippen LogP contribution in [-0.2, 0) is 9.53 Å². The summed E-state index contributed by atoms with van der Waals surface area (Å²) in [5, 5.41) is 7.62. The number of rotatable bonds is 7. The summed E-state index contributed by atoms with van der Waals surface area (Å²) in [5.74, 6) is 0.222. The lowest BCUT2D eigenvalue weighted by Gasteiger charge is -2.16. The Labute approximate surface area is 197 Å². The van der Waals surface area contributed by atoms with Crippen LogP contribution in [0.4, 0.5) is 5.82 Å². The van der Waals surface area contributed by atoms with Gasteiger partial charge >= 0.3 is 5.97 Å². The number of aromatic nitrogens is 3. The Morgan fingerprint density at radius 2 is 1.74 bits per heavy atom. The number of carbonyl (C=O) groups excluding carboxylic acids is 2. The molecule has 0 aliphatic heterocycles. The highest BCUT2D eigenvalue weighted by Crippen LogP contribution is 2.27. The molecule has 0 aliphatic carbocycles. The Hall–Kier alpha value is -4.20. The summed E-state index contributed by atoms with van der Waals surface area (Å²) in [4.78, 5) is 30.6. The van der Waals surface area contributed by atoms with Crippen LogP contribution in [0.2, 0.25) is 0 Å². The maximum atomic E-state index is 13.2. The SMILES string of the molecule is COc1ccc(-c2cc(C(=O)OC(C)C(=O)Nc3ccnn3C(C)C)c3ccccc3n2)cc1. The minimum absolute atomic E-state index is 0.0720. The van der Waals surface area contributed by atoms with Crippen molar-refractivity contribution < 1.29 is 19.1 Å². The fraction of sp³-hybridized carbons (Fsp3) is 0.231. The van der Waals surface area contributed by atoms with Crippen molar-refractivity contribution in [2.24, 2.45) is 0 Å². The predicted octanol–water partition coefficient (Wildman–Crippen LogP) is 4.87. The molecule has 0 radical (unpaired) electrons. The summed E-state index contributed by atoms with van der Waals surface area (Å²) in [5.41, 5.74) is 2.43. The number of ether oxygens (including phenoxy) is 2. The largest absolute Gasteiger partial charge is 0.497 e. The Bertz CT molecular complexity index is 1330. The van der Waals surface area contributed by atoms with Crippen molar-refractivity contribution in [3.63, 3.8) is 0 Å². The number of amides is 1. The third kappa shape index (κ3) is 4.76. The molecule has 0 saturated heterocycles. The molecule has 0 spiro atoms. The maximum Gasteiger partial charge on any atom is 0.339 e. The summed E-state index contributed by atoms with van der Waals surface area (Å²) in [7, 11) is 1.60. The van der Waals surface area contributed by atoms with Crippen LogP contribution in [0.15, 0.2) is 66.9 Å². The Kier molecular flexibility index (Phi) is 6.58. The van der Waals surface area contributed by atoms with E-state index < -0.39 is 18.0 Å². The number of pyridine rings is 1. The Balaban J connectivity index is 1.59. The van der Waals surface area contributed by atoms with Crippen LogP contribution in [-0.4, -0.2) is 39.9 Å². The molecule has 2 aromatic heterocycles. The van der Waals surface area contributed by atoms with Crippen molar-refractivity contribution in [1.29, 1.82) is 0 Å². The van der Waals surface area contributed by atoms with Crippen molar-refractivity contribution in [3.8, 4) is 17.0 Å². The number of benzene rings is 2. The molecule has 8 nitrogen and oxygen atoms in total. The van der Waals surface area contributed by atoms with Gasteiger partial charge in [0.25, 0.3) is 5.91 Å². The zero-order chi connectivity index (χ0) is 24.2. The van der Waals surface area contributed by atoms with E-state index in [1.807, 2.05) is 62.4 Å². The second-order valence-electron chi connectivity index (χ2n) is 8.09. The molecule has 2 heterocycles. The maximum absolute atomic E-state index is 13.2. The van der Waals surface area contributed by atoms with Gasteiger partial charge < -0.3 is 14.8 Å². The van der Waals surface area contributed by atoms with E-state index >= 15 is 0 Å². The van der Waals surface area contributed by atoms with Crippen LogP contribution in [0, 0.1) is 0 Å². The normalized spacial score (nSPS) is 11.9. The summed E-state index contributed by atoms with van der Waals surface area (Å²) < 4.78 is 12.5. The van der Waals surface area contributed by atoms with E-state index in [0.717, 1.165) is 11.3 Å². The molecule has 174 valence electrons. The van der Waals surface area contributed by atoms with Gasteiger partial charge in [-0.2, -0.15) is 5.10 Å². The summed E-state index contributed by atoms with van der Waals surface area (Å²) in [6.07, 6.45) is 0.593. The van der Waals surface area contributed by atoms with Gasteiger partial charge in [-0.1, -0.05) is 18.2 Å². The van der Waals surface area contributed by atoms with E-state index in [2.05, 4.69) is 10.4 Å². The van der Waals surface area contributed by atoms with E-state index in [-0.39, 0.29) is 6.04 Å². The summed E-state index contributed by atoms with van der Waals surface area (Å²) >= 11 is 0. The average Bonchev–Trinajstić information content (AvgIpc) is 3.31. The van der Waals surface area contributed by atoms with Crippen LogP contribution in [0.1, 0.15) is 37.2 Å². The molecule has 0 aliphatic rings. The molecule has 1 amide bonds. The lowest BCUT2D eigenvalue weighted by atomic mass is 10.0. The van der Waals surface area contributed by atoms with Gasteiger partial charge in [0.1, 0.15) is 11.6 Å². The molecular weight excluding hydrogens is 432 g/mol. The van der Waals surface area contributed by atoms with Gasteiger partial charge in [-0.05, 0) is 57.2 Å². The van der Waals surface area contributed by atoms with Crippen molar-refractivity contribution in [2.45, 2.75) is 32.9 Å². The summed E-state index contributed by atoms with van der Waals surface area (Å²) in [6, 6.07) is 18.2. The third-order valence-electron chi connectivity index (χ3n) is 5.39. The molecule has 0 fully saturated rings. The molecular formula is C26H26N4O4. The smallest absolute Gasteiger partial charge is 0.339 e. The van der Waals surface area contributed by atoms with Gasteiger partial charge in [-0.15, -0.1) is 0 Å². The first kappa shape index (κ1) is 23.0. The third-order valence-corrected chi connectivity index (χ3v) is 5.39. The van der Waals surface area contributed by atoms with Crippen LogP contribution in [0.25, 0.3) is 22.2 Å². The lowest BCUT2D eigenvalue weighted by Crippen LogP contribution is -2.31. The van der Waals surface area contributed by atoms with E-state index in [1.54, 1.807) is 30.1 Å².